The fourth-order valence-electron chi connectivity index (χ4n) is 4.90. The van der Waals surface area contributed by atoms with Crippen LogP contribution in [-0.4, -0.2) is 30.3 Å². The average molecular weight is 467 g/mol. The van der Waals surface area contributed by atoms with E-state index in [-0.39, 0.29) is 11.8 Å². The van der Waals surface area contributed by atoms with Crippen molar-refractivity contribution in [3.8, 4) is 5.75 Å². The van der Waals surface area contributed by atoms with Gasteiger partial charge in [0.2, 0.25) is 0 Å². The molecule has 176 valence electrons. The van der Waals surface area contributed by atoms with E-state index in [1.54, 1.807) is 7.11 Å². The second-order valence-electron chi connectivity index (χ2n) is 8.71. The van der Waals surface area contributed by atoms with Crippen molar-refractivity contribution in [3.63, 3.8) is 0 Å². The average Bonchev–Trinajstić information content (AvgIpc) is 3.36. The molecule has 0 saturated carbocycles. The maximum absolute atomic E-state index is 13.8. The normalized spacial score (nSPS) is 20.7. The van der Waals surface area contributed by atoms with Crippen LogP contribution >= 0.6 is 0 Å². The molecule has 7 nitrogen and oxygen atoms in total. The van der Waals surface area contributed by atoms with Gasteiger partial charge in [-0.2, -0.15) is 10.2 Å². The first-order valence-corrected chi connectivity index (χ1v) is 11.5. The van der Waals surface area contributed by atoms with E-state index in [1.165, 1.54) is 10.0 Å². The zero-order valence-corrected chi connectivity index (χ0v) is 19.8. The van der Waals surface area contributed by atoms with Crippen LogP contribution in [0, 0.1) is 11.8 Å². The number of carbonyl (C=O) groups is 2. The maximum atomic E-state index is 13.8. The van der Waals surface area contributed by atoms with Crippen molar-refractivity contribution in [2.45, 2.75) is 19.8 Å². The van der Waals surface area contributed by atoms with E-state index >= 15 is 0 Å². The summed E-state index contributed by atoms with van der Waals surface area (Å²) < 4.78 is 5.34. The van der Waals surface area contributed by atoms with Gasteiger partial charge in [0.1, 0.15) is 5.75 Å². The van der Waals surface area contributed by atoms with Crippen molar-refractivity contribution in [2.75, 3.05) is 17.1 Å². The summed E-state index contributed by atoms with van der Waals surface area (Å²) in [6, 6.07) is 26.2. The molecule has 0 N–H and O–H groups in total. The minimum Gasteiger partial charge on any atom is -0.497 e. The lowest BCUT2D eigenvalue weighted by molar-refractivity contribution is -0.122. The van der Waals surface area contributed by atoms with E-state index in [2.05, 4.69) is 10.2 Å². The van der Waals surface area contributed by atoms with Crippen LogP contribution in [0.15, 0.2) is 95.1 Å². The first-order chi connectivity index (χ1) is 17.0. The van der Waals surface area contributed by atoms with Crippen LogP contribution in [0.3, 0.4) is 0 Å². The summed E-state index contributed by atoms with van der Waals surface area (Å²) in [5.41, 5.74) is 3.58. The number of ether oxygens (including phenoxy) is 1. The molecule has 2 heterocycles. The molecule has 5 rings (SSSR count). The highest BCUT2D eigenvalue weighted by atomic mass is 16.5. The number of amides is 2. The van der Waals surface area contributed by atoms with Crippen molar-refractivity contribution < 1.29 is 14.3 Å². The zero-order chi connectivity index (χ0) is 24.5. The summed E-state index contributed by atoms with van der Waals surface area (Å²) in [7, 11) is 1.61. The van der Waals surface area contributed by atoms with Crippen LogP contribution in [0.5, 0.6) is 5.75 Å². The molecule has 0 saturated heterocycles. The lowest BCUT2D eigenvalue weighted by Crippen LogP contribution is -2.40. The Morgan fingerprint density at radius 3 is 1.51 bits per heavy atom. The van der Waals surface area contributed by atoms with Gasteiger partial charge in [-0.15, -0.1) is 0 Å². The molecule has 0 aromatic heterocycles. The molecule has 2 aliphatic rings. The fourth-order valence-corrected chi connectivity index (χ4v) is 4.90. The van der Waals surface area contributed by atoms with Gasteiger partial charge in [0.15, 0.2) is 0 Å². The van der Waals surface area contributed by atoms with Gasteiger partial charge < -0.3 is 4.74 Å². The summed E-state index contributed by atoms with van der Waals surface area (Å²) in [5.74, 6) is -1.31. The molecule has 3 aromatic rings. The largest absolute Gasteiger partial charge is 0.497 e. The van der Waals surface area contributed by atoms with Gasteiger partial charge in [-0.1, -0.05) is 48.5 Å². The number of para-hydroxylation sites is 2. The molecule has 2 aliphatic heterocycles. The van der Waals surface area contributed by atoms with Crippen LogP contribution < -0.4 is 14.8 Å². The Balaban J connectivity index is 1.57. The van der Waals surface area contributed by atoms with Gasteiger partial charge in [-0.05, 0) is 55.8 Å². The summed E-state index contributed by atoms with van der Waals surface area (Å²) in [5, 5.41) is 12.1. The number of anilines is 2. The molecule has 0 radical (unpaired) electrons. The Morgan fingerprint density at radius 1 is 0.686 bits per heavy atom. The molecule has 35 heavy (non-hydrogen) atoms. The van der Waals surface area contributed by atoms with E-state index in [1.807, 2.05) is 98.8 Å². The van der Waals surface area contributed by atoms with Crippen molar-refractivity contribution >= 4 is 34.6 Å². The van der Waals surface area contributed by atoms with Gasteiger partial charge in [-0.25, -0.2) is 10.0 Å². The fraction of sp³-hybridized carbons (Fsp3) is 0.214. The third kappa shape index (κ3) is 3.99. The number of hydrazone groups is 2. The standard InChI is InChI=1S/C28H26N4O3/c1-18-24(27(33)31(29-18)21-10-6-4-7-11-21)26(20-14-16-23(35-3)17-15-20)25-19(2)30-32(28(25)34)22-12-8-5-9-13-22/h4-17,24-26H,1-3H3/t24-,25+,26?. The highest BCUT2D eigenvalue weighted by Gasteiger charge is 2.50. The highest BCUT2D eigenvalue weighted by Crippen LogP contribution is 2.42. The molecule has 3 atom stereocenters. The molecule has 7 heteroatoms. The van der Waals surface area contributed by atoms with Crippen LogP contribution in [0.1, 0.15) is 25.3 Å². The van der Waals surface area contributed by atoms with Crippen LogP contribution in [0.2, 0.25) is 0 Å². The second kappa shape index (κ2) is 9.18. The Bertz CT molecular complexity index is 1220. The highest BCUT2D eigenvalue weighted by molar-refractivity contribution is 6.19. The third-order valence-corrected chi connectivity index (χ3v) is 6.59. The Hall–Kier alpha value is -4.26. The molecule has 0 fully saturated rings. The summed E-state index contributed by atoms with van der Waals surface area (Å²) in [4.78, 5) is 27.6. The van der Waals surface area contributed by atoms with Crippen molar-refractivity contribution in [2.24, 2.45) is 22.0 Å². The number of benzene rings is 3. The molecule has 3 aromatic carbocycles. The van der Waals surface area contributed by atoms with Crippen molar-refractivity contribution in [1.82, 2.24) is 0 Å². The minimum absolute atomic E-state index is 0.159. The minimum atomic E-state index is -0.613. The molecule has 1 unspecified atom stereocenters. The maximum Gasteiger partial charge on any atom is 0.256 e. The number of methoxy groups -OCH3 is 1. The monoisotopic (exact) mass is 466 g/mol. The quantitative estimate of drug-likeness (QED) is 0.521. The molecular weight excluding hydrogens is 440 g/mol. The first-order valence-electron chi connectivity index (χ1n) is 11.5. The predicted octanol–water partition coefficient (Wildman–Crippen LogP) is 4.86. The van der Waals surface area contributed by atoms with Crippen LogP contribution in [0.25, 0.3) is 0 Å². The van der Waals surface area contributed by atoms with Gasteiger partial charge in [0, 0.05) is 17.3 Å². The van der Waals surface area contributed by atoms with E-state index in [0.717, 1.165) is 5.56 Å². The number of rotatable bonds is 6. The number of hydrogen-bond donors (Lipinski definition) is 0. The van der Waals surface area contributed by atoms with Crippen molar-refractivity contribution in [1.29, 1.82) is 0 Å². The third-order valence-electron chi connectivity index (χ3n) is 6.59. The van der Waals surface area contributed by atoms with E-state index in [4.69, 9.17) is 4.74 Å². The summed E-state index contributed by atoms with van der Waals surface area (Å²) in [6.45, 7) is 3.70. The van der Waals surface area contributed by atoms with Gasteiger partial charge in [0.25, 0.3) is 11.8 Å². The first kappa shape index (κ1) is 22.5. The van der Waals surface area contributed by atoms with E-state index in [9.17, 15) is 9.59 Å². The van der Waals surface area contributed by atoms with Crippen molar-refractivity contribution in [3.05, 3.63) is 90.5 Å². The number of hydrogen-bond acceptors (Lipinski definition) is 5. The Morgan fingerprint density at radius 2 is 1.11 bits per heavy atom. The topological polar surface area (TPSA) is 74.6 Å². The SMILES string of the molecule is COc1ccc(C([C@@H]2C(=O)N(c3ccccc3)N=C2C)[C@H]2C(=O)N(c3ccccc3)N=C2C)cc1. The molecular formula is C28H26N4O3. The van der Waals surface area contributed by atoms with Crippen LogP contribution in [0.4, 0.5) is 11.4 Å². The number of carbonyl (C=O) groups excluding carboxylic acids is 2. The summed E-state index contributed by atoms with van der Waals surface area (Å²) in [6.07, 6.45) is 0. The second-order valence-corrected chi connectivity index (χ2v) is 8.71. The van der Waals surface area contributed by atoms with Crippen LogP contribution in [-0.2, 0) is 9.59 Å². The zero-order valence-electron chi connectivity index (χ0n) is 19.8. The summed E-state index contributed by atoms with van der Waals surface area (Å²) >= 11 is 0. The molecule has 0 aliphatic carbocycles. The molecule has 2 amide bonds. The Kier molecular flexibility index (Phi) is 5.91. The smallest absolute Gasteiger partial charge is 0.256 e. The molecule has 0 bridgehead atoms. The van der Waals surface area contributed by atoms with Gasteiger partial charge >= 0.3 is 0 Å². The molecule has 0 spiro atoms. The number of nitrogens with zero attached hydrogens (tertiary/aromatic N) is 4. The van der Waals surface area contributed by atoms with Gasteiger partial charge in [0.05, 0.1) is 30.3 Å². The van der Waals surface area contributed by atoms with Gasteiger partial charge in [-0.3, -0.25) is 9.59 Å². The predicted molar refractivity (Wildman–Crippen MR) is 137 cm³/mol. The Labute approximate surface area is 204 Å². The van der Waals surface area contributed by atoms with E-state index < -0.39 is 17.8 Å². The lowest BCUT2D eigenvalue weighted by atomic mass is 9.73. The lowest BCUT2D eigenvalue weighted by Gasteiger charge is -2.28. The van der Waals surface area contributed by atoms with E-state index in [0.29, 0.717) is 28.5 Å².